The molecule has 3 heterocycles. The molecule has 27 nitrogen and oxygen atoms in total. The second-order valence-corrected chi connectivity index (χ2v) is 18.7. The number of nitrogens with two attached hydrogens (primary N) is 1. The third-order valence-corrected chi connectivity index (χ3v) is 11.9. The Kier molecular flexibility index (Phi) is 18.6. The summed E-state index contributed by atoms with van der Waals surface area (Å²) in [6, 6.07) is 0. The Morgan fingerprint density at radius 2 is 1.68 bits per heavy atom. The van der Waals surface area contributed by atoms with Gasteiger partial charge in [0.25, 0.3) is 0 Å². The molecular weight excluding hydrogens is 891 g/mol. The zero-order valence-electron chi connectivity index (χ0n) is 31.6. The number of hydrogen-bond acceptors (Lipinski definition) is 20. The van der Waals surface area contributed by atoms with Gasteiger partial charge in [-0.1, -0.05) is 37.8 Å². The molecule has 0 spiro atoms. The second kappa shape index (κ2) is 22.0. The fourth-order valence-electron chi connectivity index (χ4n) is 4.98. The van der Waals surface area contributed by atoms with E-state index in [0.717, 1.165) is 29.0 Å². The average Bonchev–Trinajstić information content (AvgIpc) is 3.69. The van der Waals surface area contributed by atoms with Crippen LogP contribution in [0.25, 0.3) is 11.2 Å². The number of ketones is 1. The number of rotatable bonds is 25. The van der Waals surface area contributed by atoms with Crippen LogP contribution in [0.4, 0.5) is 5.82 Å². The van der Waals surface area contributed by atoms with Gasteiger partial charge in [0.1, 0.15) is 42.0 Å². The van der Waals surface area contributed by atoms with Crippen molar-refractivity contribution in [3.63, 3.8) is 0 Å². The highest BCUT2D eigenvalue weighted by Crippen LogP contribution is 2.61. The number of nitrogens with zero attached hydrogens (tertiary/aromatic N) is 4. The Balaban J connectivity index is 1.43. The van der Waals surface area contributed by atoms with Gasteiger partial charge in [-0.05, 0) is 0 Å². The fourth-order valence-corrected chi connectivity index (χ4v) is 8.50. The predicted molar refractivity (Wildman–Crippen MR) is 203 cm³/mol. The molecule has 0 saturated carbocycles. The molecule has 2 aromatic heterocycles. The molecule has 11 N–H and O–H groups in total. The average molecular weight is 936 g/mol. The first-order chi connectivity index (χ1) is 27.8. The summed E-state index contributed by atoms with van der Waals surface area (Å²) in [5.41, 5.74) is 4.18. The van der Waals surface area contributed by atoms with Crippen LogP contribution in [0.5, 0.6) is 0 Å². The molecule has 1 fully saturated rings. The van der Waals surface area contributed by atoms with E-state index in [2.05, 4.69) is 34.4 Å². The Hall–Kier alpha value is -3.56. The van der Waals surface area contributed by atoms with Gasteiger partial charge >= 0.3 is 29.4 Å². The van der Waals surface area contributed by atoms with Crippen LogP contribution in [0.15, 0.2) is 24.8 Å². The van der Waals surface area contributed by atoms with Crippen LogP contribution in [0.1, 0.15) is 45.8 Å². The monoisotopic (exact) mass is 935 g/mol. The van der Waals surface area contributed by atoms with E-state index < -0.39 is 101 Å². The largest absolute Gasteiger partial charge is 0.481 e. The van der Waals surface area contributed by atoms with Gasteiger partial charge in [-0.2, -0.15) is 4.31 Å². The second-order valence-electron chi connectivity index (χ2n) is 13.3. The first kappa shape index (κ1) is 50.8. The number of ether oxygens (including phenoxy) is 1. The van der Waals surface area contributed by atoms with Crippen molar-refractivity contribution >= 4 is 80.9 Å². The van der Waals surface area contributed by atoms with Crippen molar-refractivity contribution in [1.82, 2.24) is 30.2 Å². The van der Waals surface area contributed by atoms with Crippen LogP contribution in [0.2, 0.25) is 0 Å². The minimum Gasteiger partial charge on any atom is -0.481 e. The molecule has 60 heavy (non-hydrogen) atoms. The van der Waals surface area contributed by atoms with Gasteiger partial charge in [-0.3, -0.25) is 42.1 Å². The van der Waals surface area contributed by atoms with Crippen molar-refractivity contribution < 1.29 is 95.2 Å². The molecule has 2 aromatic rings. The number of allylic oxidation sites excluding steroid dienone is 1. The highest BCUT2D eigenvalue weighted by atomic mass is 32.2. The zero-order valence-corrected chi connectivity index (χ0v) is 35.1. The van der Waals surface area contributed by atoms with Crippen molar-refractivity contribution in [2.24, 2.45) is 5.41 Å². The van der Waals surface area contributed by atoms with Gasteiger partial charge in [0, 0.05) is 37.1 Å². The lowest BCUT2D eigenvalue weighted by Crippen LogP contribution is -2.46. The maximum absolute atomic E-state index is 12.7. The van der Waals surface area contributed by atoms with Crippen molar-refractivity contribution in [3.05, 3.63) is 24.8 Å². The lowest BCUT2D eigenvalue weighted by atomic mass is 9.87. The molecule has 0 bridgehead atoms. The Morgan fingerprint density at radius 1 is 1.02 bits per heavy atom. The summed E-state index contributed by atoms with van der Waals surface area (Å²) >= 11 is 0.804. The van der Waals surface area contributed by atoms with Crippen molar-refractivity contribution in [2.75, 3.05) is 37.8 Å². The van der Waals surface area contributed by atoms with Gasteiger partial charge in [0.2, 0.25) is 11.8 Å². The lowest BCUT2D eigenvalue weighted by molar-refractivity contribution is -0.137. The molecule has 0 aliphatic carbocycles. The highest BCUT2D eigenvalue weighted by Gasteiger charge is 2.50. The molecule has 31 heteroatoms. The summed E-state index contributed by atoms with van der Waals surface area (Å²) in [4.78, 5) is 110. The zero-order chi connectivity index (χ0) is 45.1. The summed E-state index contributed by atoms with van der Waals surface area (Å²) in [7, 11) is -16.5. The van der Waals surface area contributed by atoms with Crippen molar-refractivity contribution in [1.29, 1.82) is 0 Å². The predicted octanol–water partition coefficient (Wildman–Crippen LogP) is -0.955. The van der Waals surface area contributed by atoms with Gasteiger partial charge < -0.3 is 56.0 Å². The molecule has 1 aliphatic rings. The SMILES string of the molecule is CC(C)(COP(=O)(O)OP(=O)(O)OC[C@H]1O[C@@H](n2cnc3c(N)ncnc32)[C@H](O)[C@@H]1OP(=O)(O)O)[C@@H](O)C(=O)NCCC(=O)NCCSC(=O)CC(=O)C/C=C/CC(=O)O. The van der Waals surface area contributed by atoms with Crippen LogP contribution in [-0.2, 0) is 60.3 Å². The normalized spacial score (nSPS) is 21.0. The van der Waals surface area contributed by atoms with Crippen LogP contribution in [0, 0.1) is 5.41 Å². The van der Waals surface area contributed by atoms with E-state index in [9.17, 15) is 67.5 Å². The van der Waals surface area contributed by atoms with Crippen molar-refractivity contribution in [2.45, 2.75) is 70.2 Å². The molecule has 0 radical (unpaired) electrons. The van der Waals surface area contributed by atoms with Crippen molar-refractivity contribution in [3.8, 4) is 0 Å². The maximum atomic E-state index is 12.7. The molecule has 3 rings (SSSR count). The van der Waals surface area contributed by atoms with Gasteiger partial charge in [-0.25, -0.2) is 28.6 Å². The van der Waals surface area contributed by atoms with Gasteiger partial charge in [-0.15, -0.1) is 0 Å². The third-order valence-electron chi connectivity index (χ3n) is 7.91. The van der Waals surface area contributed by atoms with Gasteiger partial charge in [0.15, 0.2) is 22.8 Å². The molecular formula is C29H44N7O20P3S. The summed E-state index contributed by atoms with van der Waals surface area (Å²) in [5, 5.41) is 34.3. The van der Waals surface area contributed by atoms with Crippen LogP contribution in [0.3, 0.4) is 0 Å². The summed E-state index contributed by atoms with van der Waals surface area (Å²) in [5.74, 6) is -2.96. The highest BCUT2D eigenvalue weighted by molar-refractivity contribution is 8.13. The standard InChI is InChI=1S/C29H44N7O20P3S/c1-29(2,24(43)27(44)32-8-7-18(38)31-9-10-60-20(41)11-16(37)5-3-4-6-19(39)40)13-53-59(50,51)56-58(48,49)52-12-17-23(55-57(45,46)47)22(42)28(54-17)36-15-35-21-25(30)33-14-34-26(21)36/h3-4,14-15,17,22-24,28,42-43H,5-13H2,1-2H3,(H,31,38)(H,32,44)(H,39,40)(H,48,49)(H,50,51)(H2,30,33,34)(H2,45,46,47)/b4-3+/t17-,22-,23-,24+,28-/m1/s1. The molecule has 2 unspecified atom stereocenters. The first-order valence-electron chi connectivity index (χ1n) is 17.2. The van der Waals surface area contributed by atoms with Crippen LogP contribution in [-0.4, -0.2) is 140 Å². The number of hydrogen-bond donors (Lipinski definition) is 10. The topological polar surface area (TPSA) is 418 Å². The molecule has 1 saturated heterocycles. The smallest absolute Gasteiger partial charge is 0.481 e. The number of nitrogen functional groups attached to an aromatic ring is 1. The summed E-state index contributed by atoms with van der Waals surface area (Å²) in [6.07, 6.45) is -5.24. The van der Waals surface area contributed by atoms with E-state index in [1.54, 1.807) is 0 Å². The molecule has 0 aromatic carbocycles. The number of carbonyl (C=O) groups is 5. The number of aliphatic hydroxyl groups is 2. The number of carboxylic acid groups (broad SMARTS) is 1. The molecule has 2 amide bonds. The van der Waals surface area contributed by atoms with E-state index in [1.807, 2.05) is 0 Å². The van der Waals surface area contributed by atoms with Crippen LogP contribution < -0.4 is 16.4 Å². The van der Waals surface area contributed by atoms with E-state index in [4.69, 9.17) is 24.6 Å². The quantitative estimate of drug-likeness (QED) is 0.0248. The third kappa shape index (κ3) is 16.4. The molecule has 336 valence electrons. The Labute approximate surface area is 343 Å². The van der Waals surface area contributed by atoms with E-state index in [-0.39, 0.29) is 61.5 Å². The Bertz CT molecular complexity index is 2050. The van der Waals surface area contributed by atoms with Crippen LogP contribution >= 0.6 is 35.2 Å². The van der Waals surface area contributed by atoms with E-state index in [1.165, 1.54) is 26.0 Å². The minimum absolute atomic E-state index is 0.0146. The number of phosphoric ester groups is 3. The molecule has 7 atom stereocenters. The number of aromatic nitrogens is 4. The number of phosphoric acid groups is 3. The maximum Gasteiger partial charge on any atom is 0.481 e. The molecule has 1 aliphatic heterocycles. The number of carbonyl (C=O) groups excluding carboxylic acids is 4. The number of thioether (sulfide) groups is 1. The Morgan fingerprint density at radius 3 is 2.35 bits per heavy atom. The minimum atomic E-state index is -5.60. The first-order valence-corrected chi connectivity index (χ1v) is 22.7. The number of Topliss-reactive ketones (excluding diaryl/α,β-unsaturated/α-hetero) is 1. The summed E-state index contributed by atoms with van der Waals surface area (Å²) in [6.45, 7) is 0.113. The summed E-state index contributed by atoms with van der Waals surface area (Å²) < 4.78 is 62.0. The number of carboxylic acids is 1. The number of amides is 2. The number of aliphatic carboxylic acids is 1. The van der Waals surface area contributed by atoms with E-state index in [0.29, 0.717) is 0 Å². The number of nitrogens with one attached hydrogen (secondary N) is 2. The number of fused-ring (bicyclic) bond motifs is 1. The fraction of sp³-hybridized carbons (Fsp3) is 0.586. The number of imidazole rings is 1. The van der Waals surface area contributed by atoms with E-state index >= 15 is 0 Å². The number of anilines is 1. The van der Waals surface area contributed by atoms with Gasteiger partial charge in [0.05, 0.1) is 32.4 Å². The number of aliphatic hydroxyl groups excluding tert-OH is 2. The lowest BCUT2D eigenvalue weighted by Gasteiger charge is -2.30.